The van der Waals surface area contributed by atoms with Gasteiger partial charge in [0.25, 0.3) is 0 Å². The number of nitrogens with zero attached hydrogens (tertiary/aromatic N) is 1. The van der Waals surface area contributed by atoms with Gasteiger partial charge in [-0.2, -0.15) is 0 Å². The Morgan fingerprint density at radius 1 is 1.08 bits per heavy atom. The van der Waals surface area contributed by atoms with Crippen molar-refractivity contribution < 1.29 is 14.7 Å². The topological polar surface area (TPSA) is 70.9 Å². The number of oxime groups is 1. The van der Waals surface area contributed by atoms with E-state index in [9.17, 15) is 9.90 Å². The quantitative estimate of drug-likeness (QED) is 0.337. The van der Waals surface area contributed by atoms with Crippen molar-refractivity contribution in [1.29, 1.82) is 0 Å². The van der Waals surface area contributed by atoms with Crippen molar-refractivity contribution in [3.8, 4) is 5.75 Å². The Morgan fingerprint density at radius 2 is 1.85 bits per heavy atom. The molecule has 0 spiro atoms. The largest absolute Gasteiger partial charge is 0.507 e. The van der Waals surface area contributed by atoms with Gasteiger partial charge in [-0.1, -0.05) is 58.7 Å². The molecule has 1 amide bonds. The maximum Gasteiger partial charge on any atom is 0.437 e. The van der Waals surface area contributed by atoms with Crippen molar-refractivity contribution in [3.05, 3.63) is 70.2 Å². The van der Waals surface area contributed by atoms with Gasteiger partial charge in [-0.25, -0.2) is 4.79 Å². The predicted molar refractivity (Wildman–Crippen MR) is 104 cm³/mol. The van der Waals surface area contributed by atoms with E-state index in [1.54, 1.807) is 31.2 Å². The monoisotopic (exact) mass is 388 g/mol. The molecule has 3 aromatic rings. The Balaban J connectivity index is 1.74. The van der Waals surface area contributed by atoms with E-state index in [-0.39, 0.29) is 5.75 Å². The second-order valence-corrected chi connectivity index (χ2v) is 6.31. The number of rotatable bonds is 3. The molecule has 0 radical (unpaired) electrons. The van der Waals surface area contributed by atoms with E-state index in [0.717, 1.165) is 5.39 Å². The summed E-state index contributed by atoms with van der Waals surface area (Å²) < 4.78 is 0. The second-order valence-electron chi connectivity index (χ2n) is 5.49. The molecule has 0 unspecified atom stereocenters. The highest BCUT2D eigenvalue weighted by Gasteiger charge is 2.11. The minimum absolute atomic E-state index is 0.0813. The molecule has 0 heterocycles. The normalized spacial score (nSPS) is 11.4. The standard InChI is InChI=1S/C19H14Cl2N2O3/c1-11(14-8-6-12-4-2-3-5-15(12)18(14)24)23-26-19(25)22-13-7-9-16(20)17(21)10-13/h2-10,24H,1H3,(H,22,25)/b23-11-. The average Bonchev–Trinajstić information content (AvgIpc) is 2.63. The third kappa shape index (κ3) is 3.90. The van der Waals surface area contributed by atoms with Crippen LogP contribution in [0.25, 0.3) is 10.8 Å². The third-order valence-electron chi connectivity index (χ3n) is 3.72. The first-order valence-electron chi connectivity index (χ1n) is 7.64. The van der Waals surface area contributed by atoms with Crippen molar-refractivity contribution >= 4 is 51.5 Å². The molecule has 7 heteroatoms. The Morgan fingerprint density at radius 3 is 2.62 bits per heavy atom. The first kappa shape index (κ1) is 18.0. The highest BCUT2D eigenvalue weighted by molar-refractivity contribution is 6.42. The van der Waals surface area contributed by atoms with Crippen molar-refractivity contribution in [2.24, 2.45) is 5.16 Å². The Bertz CT molecular complexity index is 1020. The molecule has 0 saturated carbocycles. The van der Waals surface area contributed by atoms with Gasteiger partial charge in [0.1, 0.15) is 5.75 Å². The van der Waals surface area contributed by atoms with Gasteiger partial charge >= 0.3 is 6.09 Å². The molecule has 0 atom stereocenters. The van der Waals surface area contributed by atoms with Gasteiger partial charge in [-0.15, -0.1) is 0 Å². The summed E-state index contributed by atoms with van der Waals surface area (Å²) in [5.41, 5.74) is 1.26. The number of hydrogen-bond acceptors (Lipinski definition) is 4. The molecule has 0 aliphatic carbocycles. The maximum atomic E-state index is 11.9. The first-order valence-corrected chi connectivity index (χ1v) is 8.40. The Hall–Kier alpha value is -2.76. The number of carbonyl (C=O) groups is 1. The van der Waals surface area contributed by atoms with Crippen LogP contribution in [0, 0.1) is 0 Å². The average molecular weight is 389 g/mol. The summed E-state index contributed by atoms with van der Waals surface area (Å²) in [4.78, 5) is 16.7. The van der Waals surface area contributed by atoms with Crippen LogP contribution >= 0.6 is 23.2 Å². The van der Waals surface area contributed by atoms with E-state index >= 15 is 0 Å². The zero-order valence-corrected chi connectivity index (χ0v) is 15.2. The van der Waals surface area contributed by atoms with Gasteiger partial charge < -0.3 is 5.11 Å². The lowest BCUT2D eigenvalue weighted by atomic mass is 10.0. The number of aromatic hydroxyl groups is 1. The predicted octanol–water partition coefficient (Wildman–Crippen LogP) is 5.82. The number of anilines is 1. The van der Waals surface area contributed by atoms with Gasteiger partial charge in [-0.05, 0) is 36.6 Å². The van der Waals surface area contributed by atoms with Gasteiger partial charge in [0.2, 0.25) is 0 Å². The third-order valence-corrected chi connectivity index (χ3v) is 4.46. The SMILES string of the molecule is C/C(=N/OC(=O)Nc1ccc(Cl)c(Cl)c1)c1ccc2ccccc2c1O. The van der Waals surface area contributed by atoms with E-state index in [0.29, 0.717) is 32.4 Å². The van der Waals surface area contributed by atoms with Crippen LogP contribution in [0.5, 0.6) is 5.75 Å². The molecule has 5 nitrogen and oxygen atoms in total. The van der Waals surface area contributed by atoms with Crippen LogP contribution in [0.15, 0.2) is 59.8 Å². The van der Waals surface area contributed by atoms with E-state index in [1.165, 1.54) is 6.07 Å². The van der Waals surface area contributed by atoms with Gasteiger partial charge in [0, 0.05) is 16.6 Å². The van der Waals surface area contributed by atoms with Crippen molar-refractivity contribution in [3.63, 3.8) is 0 Å². The van der Waals surface area contributed by atoms with Crippen molar-refractivity contribution in [1.82, 2.24) is 0 Å². The van der Waals surface area contributed by atoms with Gasteiger partial charge in [0.05, 0.1) is 15.8 Å². The summed E-state index contributed by atoms with van der Waals surface area (Å²) in [6.07, 6.45) is -0.789. The summed E-state index contributed by atoms with van der Waals surface area (Å²) in [6, 6.07) is 15.6. The fraction of sp³-hybridized carbons (Fsp3) is 0.0526. The molecule has 0 aromatic heterocycles. The van der Waals surface area contributed by atoms with Crippen LogP contribution in [-0.2, 0) is 4.84 Å². The van der Waals surface area contributed by atoms with Gasteiger partial charge in [-0.3, -0.25) is 10.2 Å². The minimum atomic E-state index is -0.789. The molecular weight excluding hydrogens is 375 g/mol. The molecule has 3 rings (SSSR count). The van der Waals surface area contributed by atoms with Crippen LogP contribution in [0.1, 0.15) is 12.5 Å². The van der Waals surface area contributed by atoms with Crippen LogP contribution < -0.4 is 5.32 Å². The number of carbonyl (C=O) groups excluding carboxylic acids is 1. The highest BCUT2D eigenvalue weighted by Crippen LogP contribution is 2.29. The van der Waals surface area contributed by atoms with Gasteiger partial charge in [0.15, 0.2) is 0 Å². The second kappa shape index (κ2) is 7.64. The number of nitrogens with one attached hydrogen (secondary N) is 1. The molecule has 0 bridgehead atoms. The van der Waals surface area contributed by atoms with E-state index in [2.05, 4.69) is 10.5 Å². The summed E-state index contributed by atoms with van der Waals surface area (Å²) in [7, 11) is 0. The molecule has 0 fully saturated rings. The highest BCUT2D eigenvalue weighted by atomic mass is 35.5. The number of phenolic OH excluding ortho intramolecular Hbond substituents is 1. The van der Waals surface area contributed by atoms with E-state index in [4.69, 9.17) is 28.0 Å². The zero-order chi connectivity index (χ0) is 18.7. The Labute approximate surface area is 159 Å². The van der Waals surface area contributed by atoms with Crippen molar-refractivity contribution in [2.75, 3.05) is 5.32 Å². The summed E-state index contributed by atoms with van der Waals surface area (Å²) >= 11 is 11.7. The van der Waals surface area contributed by atoms with Crippen LogP contribution in [0.3, 0.4) is 0 Å². The molecule has 0 aliphatic heterocycles. The number of fused-ring (bicyclic) bond motifs is 1. The molecule has 3 aromatic carbocycles. The number of benzene rings is 3. The van der Waals surface area contributed by atoms with E-state index < -0.39 is 6.09 Å². The fourth-order valence-electron chi connectivity index (χ4n) is 2.42. The lowest BCUT2D eigenvalue weighted by molar-refractivity contribution is 0.166. The molecule has 132 valence electrons. The van der Waals surface area contributed by atoms with E-state index in [1.807, 2.05) is 24.3 Å². The zero-order valence-electron chi connectivity index (χ0n) is 13.7. The molecular formula is C19H14Cl2N2O3. The number of amides is 1. The molecule has 2 N–H and O–H groups in total. The number of halogens is 2. The minimum Gasteiger partial charge on any atom is -0.507 e. The van der Waals surface area contributed by atoms with Crippen molar-refractivity contribution in [2.45, 2.75) is 6.92 Å². The molecule has 0 aliphatic rings. The molecule has 26 heavy (non-hydrogen) atoms. The summed E-state index contributed by atoms with van der Waals surface area (Å²) in [5, 5.41) is 19.0. The summed E-state index contributed by atoms with van der Waals surface area (Å²) in [5.74, 6) is 0.0813. The smallest absolute Gasteiger partial charge is 0.437 e. The van der Waals surface area contributed by atoms with Crippen LogP contribution in [0.2, 0.25) is 10.0 Å². The first-order chi connectivity index (χ1) is 12.5. The van der Waals surface area contributed by atoms with Crippen LogP contribution in [-0.4, -0.2) is 16.9 Å². The van der Waals surface area contributed by atoms with Crippen LogP contribution in [0.4, 0.5) is 10.5 Å². The fourth-order valence-corrected chi connectivity index (χ4v) is 2.72. The number of phenols is 1. The lowest BCUT2D eigenvalue weighted by Gasteiger charge is -2.08. The summed E-state index contributed by atoms with van der Waals surface area (Å²) in [6.45, 7) is 1.64. The lowest BCUT2D eigenvalue weighted by Crippen LogP contribution is -2.12. The molecule has 0 saturated heterocycles. The maximum absolute atomic E-state index is 11.9. The Kier molecular flexibility index (Phi) is 5.30. The number of hydrogen-bond donors (Lipinski definition) is 2.